The maximum Gasteiger partial charge on any atom is 0.272 e. The Morgan fingerprint density at radius 2 is 1.92 bits per heavy atom. The number of sulfonamides is 1. The summed E-state index contributed by atoms with van der Waals surface area (Å²) in [5.74, 6) is 0.737. The van der Waals surface area contributed by atoms with E-state index in [-0.39, 0.29) is 10.9 Å². The summed E-state index contributed by atoms with van der Waals surface area (Å²) >= 11 is 0. The number of benzene rings is 1. The van der Waals surface area contributed by atoms with Crippen molar-refractivity contribution in [3.05, 3.63) is 48.7 Å². The molecular weight excluding hydrogens is 326 g/mol. The summed E-state index contributed by atoms with van der Waals surface area (Å²) in [5.41, 5.74) is 0.649. The Hall–Kier alpha value is -2.12. The van der Waals surface area contributed by atoms with Crippen LogP contribution < -0.4 is 14.6 Å². The molecule has 0 amide bonds. The van der Waals surface area contributed by atoms with Crippen LogP contribution in [0.15, 0.2) is 53.6 Å². The third-order valence-electron chi connectivity index (χ3n) is 3.52. The van der Waals surface area contributed by atoms with Gasteiger partial charge in [0, 0.05) is 19.7 Å². The summed E-state index contributed by atoms with van der Waals surface area (Å²) in [6.07, 6.45) is 1.50. The van der Waals surface area contributed by atoms with E-state index in [1.165, 1.54) is 10.5 Å². The topological polar surface area (TPSA) is 72.8 Å². The van der Waals surface area contributed by atoms with Crippen LogP contribution >= 0.6 is 0 Å². The van der Waals surface area contributed by atoms with E-state index in [1.54, 1.807) is 31.4 Å². The van der Waals surface area contributed by atoms with Gasteiger partial charge in [-0.1, -0.05) is 18.2 Å². The molecule has 130 valence electrons. The van der Waals surface area contributed by atoms with Crippen molar-refractivity contribution >= 4 is 21.5 Å². The Bertz CT molecular complexity index is 733. The van der Waals surface area contributed by atoms with E-state index in [9.17, 15) is 8.42 Å². The van der Waals surface area contributed by atoms with Crippen LogP contribution in [0.2, 0.25) is 0 Å². The third-order valence-corrected chi connectivity index (χ3v) is 5.42. The number of methoxy groups -OCH3 is 1. The first-order valence-corrected chi connectivity index (χ1v) is 9.28. The number of aromatic amines is 1. The van der Waals surface area contributed by atoms with Gasteiger partial charge in [0.2, 0.25) is 0 Å². The average molecular weight is 350 g/mol. The molecule has 0 bridgehead atoms. The lowest BCUT2D eigenvalue weighted by Gasteiger charge is -2.22. The molecule has 24 heavy (non-hydrogen) atoms. The van der Waals surface area contributed by atoms with Gasteiger partial charge in [-0.3, -0.25) is 9.62 Å². The van der Waals surface area contributed by atoms with Crippen molar-refractivity contribution in [1.29, 1.82) is 0 Å². The lowest BCUT2D eigenvalue weighted by molar-refractivity contribution is -0.364. The number of anilines is 2. The minimum Gasteiger partial charge on any atom is -0.380 e. The van der Waals surface area contributed by atoms with Crippen LogP contribution in [0.4, 0.5) is 11.5 Å². The zero-order valence-corrected chi connectivity index (χ0v) is 15.0. The van der Waals surface area contributed by atoms with E-state index in [2.05, 4.69) is 10.3 Å². The molecule has 0 aliphatic heterocycles. The number of nitrogens with zero attached hydrogens (tertiary/aromatic N) is 1. The minimum atomic E-state index is -3.61. The van der Waals surface area contributed by atoms with Gasteiger partial charge in [0.1, 0.15) is 17.1 Å². The predicted molar refractivity (Wildman–Crippen MR) is 94.6 cm³/mol. The van der Waals surface area contributed by atoms with Gasteiger partial charge in [-0.15, -0.1) is 0 Å². The summed E-state index contributed by atoms with van der Waals surface area (Å²) in [6, 6.07) is 12.5. The molecule has 1 heterocycles. The van der Waals surface area contributed by atoms with Crippen molar-refractivity contribution in [2.24, 2.45) is 0 Å². The molecule has 0 aliphatic carbocycles. The summed E-state index contributed by atoms with van der Waals surface area (Å²) in [6.45, 7) is 4.72. The highest BCUT2D eigenvalue weighted by atomic mass is 32.2. The van der Waals surface area contributed by atoms with Gasteiger partial charge >= 0.3 is 0 Å². The lowest BCUT2D eigenvalue weighted by atomic mass is 10.3. The molecule has 0 fully saturated rings. The molecule has 2 rings (SSSR count). The van der Waals surface area contributed by atoms with Crippen molar-refractivity contribution in [2.75, 3.05) is 29.9 Å². The molecule has 0 saturated heterocycles. The highest BCUT2D eigenvalue weighted by Gasteiger charge is 2.24. The summed E-state index contributed by atoms with van der Waals surface area (Å²) in [7, 11) is -1.97. The third kappa shape index (κ3) is 4.24. The van der Waals surface area contributed by atoms with E-state index in [1.807, 2.05) is 32.0 Å². The van der Waals surface area contributed by atoms with Crippen LogP contribution in [-0.4, -0.2) is 34.7 Å². The number of rotatable bonds is 8. The predicted octanol–water partition coefficient (Wildman–Crippen LogP) is 2.16. The first-order chi connectivity index (χ1) is 11.5. The van der Waals surface area contributed by atoms with Crippen LogP contribution in [0.5, 0.6) is 0 Å². The quantitative estimate of drug-likeness (QED) is 0.792. The number of hydrogen-bond donors (Lipinski definition) is 1. The molecule has 1 atom stereocenters. The highest BCUT2D eigenvalue weighted by Crippen LogP contribution is 2.22. The van der Waals surface area contributed by atoms with Gasteiger partial charge in [0.25, 0.3) is 15.8 Å². The van der Waals surface area contributed by atoms with Crippen LogP contribution in [0.3, 0.4) is 0 Å². The smallest absolute Gasteiger partial charge is 0.272 e. The first kappa shape index (κ1) is 18.2. The first-order valence-electron chi connectivity index (χ1n) is 7.84. The van der Waals surface area contributed by atoms with Crippen LogP contribution in [0, 0.1) is 0 Å². The SMILES string of the molecule is CCN(c1ccccc1)S(=O)(=O)c1ccc(N[C@@H](C)COC)[nH+]c1. The largest absolute Gasteiger partial charge is 0.380 e. The molecule has 2 N–H and O–H groups in total. The van der Waals surface area contributed by atoms with Crippen molar-refractivity contribution in [3.63, 3.8) is 0 Å². The van der Waals surface area contributed by atoms with E-state index in [4.69, 9.17) is 4.74 Å². The zero-order chi connectivity index (χ0) is 17.6. The number of pyridine rings is 1. The molecule has 0 saturated carbocycles. The van der Waals surface area contributed by atoms with Gasteiger partial charge in [0.05, 0.1) is 12.3 Å². The fourth-order valence-corrected chi connectivity index (χ4v) is 3.87. The van der Waals surface area contributed by atoms with Crippen molar-refractivity contribution < 1.29 is 18.1 Å². The Labute approximate surface area is 143 Å². The monoisotopic (exact) mass is 350 g/mol. The van der Waals surface area contributed by atoms with Gasteiger partial charge in [-0.25, -0.2) is 13.4 Å². The van der Waals surface area contributed by atoms with E-state index in [0.717, 1.165) is 5.82 Å². The Morgan fingerprint density at radius 1 is 1.21 bits per heavy atom. The maximum absolute atomic E-state index is 12.9. The number of para-hydroxylation sites is 1. The van der Waals surface area contributed by atoms with Crippen molar-refractivity contribution in [3.8, 4) is 0 Å². The molecule has 0 aliphatic rings. The second kappa shape index (κ2) is 8.12. The lowest BCUT2D eigenvalue weighted by Crippen LogP contribution is -2.32. The fourth-order valence-electron chi connectivity index (χ4n) is 2.43. The van der Waals surface area contributed by atoms with Crippen molar-refractivity contribution in [2.45, 2.75) is 24.8 Å². The van der Waals surface area contributed by atoms with Crippen LogP contribution in [0.25, 0.3) is 0 Å². The zero-order valence-electron chi connectivity index (χ0n) is 14.2. The molecule has 0 unspecified atom stereocenters. The molecule has 2 aromatic rings. The molecule has 1 aromatic heterocycles. The number of nitrogens with one attached hydrogen (secondary N) is 2. The van der Waals surface area contributed by atoms with Gasteiger partial charge in [-0.05, 0) is 32.0 Å². The average Bonchev–Trinajstić information content (AvgIpc) is 2.57. The molecule has 0 radical (unpaired) electrons. The number of ether oxygens (including phenoxy) is 1. The number of aromatic nitrogens is 1. The molecule has 6 nitrogen and oxygen atoms in total. The van der Waals surface area contributed by atoms with Crippen LogP contribution in [-0.2, 0) is 14.8 Å². The van der Waals surface area contributed by atoms with E-state index in [0.29, 0.717) is 18.8 Å². The molecule has 0 spiro atoms. The Balaban J connectivity index is 2.23. The summed E-state index contributed by atoms with van der Waals surface area (Å²) in [5, 5.41) is 3.21. The normalized spacial score (nSPS) is 12.6. The molecule has 7 heteroatoms. The molecule has 1 aromatic carbocycles. The second-order valence-electron chi connectivity index (χ2n) is 5.44. The van der Waals surface area contributed by atoms with Crippen molar-refractivity contribution in [1.82, 2.24) is 0 Å². The standard InChI is InChI=1S/C17H23N3O3S/c1-4-20(15-8-6-5-7-9-15)24(21,22)16-10-11-17(18-12-16)19-14(2)13-23-3/h5-12,14H,4,13H2,1-3H3,(H,18,19)/p+1/t14-/m0/s1. The highest BCUT2D eigenvalue weighted by molar-refractivity contribution is 7.92. The number of hydrogen-bond acceptors (Lipinski definition) is 4. The Kier molecular flexibility index (Phi) is 6.16. The second-order valence-corrected chi connectivity index (χ2v) is 7.31. The van der Waals surface area contributed by atoms with Crippen LogP contribution in [0.1, 0.15) is 13.8 Å². The minimum absolute atomic E-state index is 0.116. The van der Waals surface area contributed by atoms with E-state index < -0.39 is 10.0 Å². The van der Waals surface area contributed by atoms with Gasteiger partial charge in [-0.2, -0.15) is 0 Å². The summed E-state index contributed by atoms with van der Waals surface area (Å²) in [4.78, 5) is 3.21. The van der Waals surface area contributed by atoms with Gasteiger partial charge < -0.3 is 4.74 Å². The van der Waals surface area contributed by atoms with Gasteiger partial charge in [0.15, 0.2) is 0 Å². The Morgan fingerprint density at radius 3 is 2.46 bits per heavy atom. The number of H-pyrrole nitrogens is 1. The molecular formula is C17H24N3O3S+. The maximum atomic E-state index is 12.9. The van der Waals surface area contributed by atoms with E-state index >= 15 is 0 Å². The fraction of sp³-hybridized carbons (Fsp3) is 0.353. The summed E-state index contributed by atoms with van der Waals surface area (Å²) < 4.78 is 32.2.